The number of hydrogen-bond donors (Lipinski definition) is 2. The average molecular weight is 420 g/mol. The molecule has 0 saturated carbocycles. The van der Waals surface area contributed by atoms with Crippen molar-refractivity contribution in [3.05, 3.63) is 47.5 Å². The minimum absolute atomic E-state index is 0.0198. The standard InChI is InChI=1S/C19H20N2O7S/c1-12(22)20-11-13-7-14(19(23)26-2)9-15(8-13)21-29(24,25)16-3-4-17-18(10-16)28-6-5-27-17/h3-4,7-10,21H,5-6,11H2,1-2H3,(H,20,22). The Morgan fingerprint density at radius 3 is 2.48 bits per heavy atom. The van der Waals surface area contributed by atoms with Gasteiger partial charge in [0.1, 0.15) is 13.2 Å². The molecule has 10 heteroatoms. The zero-order chi connectivity index (χ0) is 21.0. The second-order valence-electron chi connectivity index (χ2n) is 6.23. The molecule has 3 rings (SSSR count). The van der Waals surface area contributed by atoms with Crippen LogP contribution in [-0.2, 0) is 26.1 Å². The van der Waals surface area contributed by atoms with Crippen molar-refractivity contribution in [2.75, 3.05) is 25.0 Å². The monoisotopic (exact) mass is 420 g/mol. The number of amides is 1. The molecule has 1 aliphatic rings. The second kappa shape index (κ2) is 8.39. The number of sulfonamides is 1. The van der Waals surface area contributed by atoms with Crippen molar-refractivity contribution in [3.8, 4) is 11.5 Å². The highest BCUT2D eigenvalue weighted by molar-refractivity contribution is 7.92. The molecule has 0 aliphatic carbocycles. The van der Waals surface area contributed by atoms with Crippen molar-refractivity contribution in [1.29, 1.82) is 0 Å². The van der Waals surface area contributed by atoms with Gasteiger partial charge in [0.05, 0.1) is 23.3 Å². The van der Waals surface area contributed by atoms with E-state index in [2.05, 4.69) is 10.0 Å². The number of nitrogens with one attached hydrogen (secondary N) is 2. The summed E-state index contributed by atoms with van der Waals surface area (Å²) >= 11 is 0. The molecule has 1 heterocycles. The van der Waals surface area contributed by atoms with Gasteiger partial charge >= 0.3 is 5.97 Å². The van der Waals surface area contributed by atoms with Crippen LogP contribution in [0.1, 0.15) is 22.8 Å². The van der Waals surface area contributed by atoms with E-state index in [1.165, 1.54) is 50.4 Å². The lowest BCUT2D eigenvalue weighted by Crippen LogP contribution is -2.20. The van der Waals surface area contributed by atoms with E-state index < -0.39 is 16.0 Å². The van der Waals surface area contributed by atoms with Gasteiger partial charge in [-0.3, -0.25) is 9.52 Å². The van der Waals surface area contributed by atoms with Crippen LogP contribution in [-0.4, -0.2) is 40.6 Å². The van der Waals surface area contributed by atoms with E-state index in [-0.39, 0.29) is 28.6 Å². The van der Waals surface area contributed by atoms with Gasteiger partial charge in [0.2, 0.25) is 5.91 Å². The molecule has 0 saturated heterocycles. The van der Waals surface area contributed by atoms with E-state index in [0.29, 0.717) is 30.3 Å². The summed E-state index contributed by atoms with van der Waals surface area (Å²) in [6.45, 7) is 2.21. The molecule has 0 bridgehead atoms. The maximum absolute atomic E-state index is 12.8. The quantitative estimate of drug-likeness (QED) is 0.682. The Balaban J connectivity index is 1.91. The summed E-state index contributed by atoms with van der Waals surface area (Å²) in [4.78, 5) is 23.1. The van der Waals surface area contributed by atoms with Gasteiger partial charge in [-0.2, -0.15) is 0 Å². The van der Waals surface area contributed by atoms with Crippen molar-refractivity contribution >= 4 is 27.6 Å². The van der Waals surface area contributed by atoms with Gasteiger partial charge < -0.3 is 19.5 Å². The van der Waals surface area contributed by atoms with E-state index in [0.717, 1.165) is 0 Å². The number of fused-ring (bicyclic) bond motifs is 1. The van der Waals surface area contributed by atoms with Crippen molar-refractivity contribution in [1.82, 2.24) is 5.32 Å². The SMILES string of the molecule is COC(=O)c1cc(CNC(C)=O)cc(NS(=O)(=O)c2ccc3c(c2)OCCO3)c1. The van der Waals surface area contributed by atoms with Crippen LogP contribution in [0.5, 0.6) is 11.5 Å². The first-order chi connectivity index (χ1) is 13.8. The number of anilines is 1. The summed E-state index contributed by atoms with van der Waals surface area (Å²) < 4.78 is 43.6. The van der Waals surface area contributed by atoms with Gasteiger partial charge in [0.15, 0.2) is 11.5 Å². The third-order valence-electron chi connectivity index (χ3n) is 4.03. The summed E-state index contributed by atoms with van der Waals surface area (Å²) in [7, 11) is -2.74. The first-order valence-corrected chi connectivity index (χ1v) is 10.2. The smallest absolute Gasteiger partial charge is 0.337 e. The molecule has 0 radical (unpaired) electrons. The Kier molecular flexibility index (Phi) is 5.92. The summed E-state index contributed by atoms with van der Waals surface area (Å²) in [6, 6.07) is 8.70. The van der Waals surface area contributed by atoms with Gasteiger partial charge in [-0.05, 0) is 35.9 Å². The first kappa shape index (κ1) is 20.5. The second-order valence-corrected chi connectivity index (χ2v) is 7.91. The van der Waals surface area contributed by atoms with Crippen LogP contribution < -0.4 is 19.5 Å². The van der Waals surface area contributed by atoms with Crippen LogP contribution in [0.15, 0.2) is 41.3 Å². The number of benzene rings is 2. The zero-order valence-electron chi connectivity index (χ0n) is 15.9. The maximum Gasteiger partial charge on any atom is 0.337 e. The fraction of sp³-hybridized carbons (Fsp3) is 0.263. The third-order valence-corrected chi connectivity index (χ3v) is 5.41. The Bertz CT molecular complexity index is 1050. The summed E-state index contributed by atoms with van der Waals surface area (Å²) in [6.07, 6.45) is 0. The minimum Gasteiger partial charge on any atom is -0.486 e. The predicted molar refractivity (Wildman–Crippen MR) is 104 cm³/mol. The maximum atomic E-state index is 12.8. The first-order valence-electron chi connectivity index (χ1n) is 8.67. The molecule has 0 aromatic heterocycles. The number of ether oxygens (including phenoxy) is 3. The molecule has 2 aromatic carbocycles. The van der Waals surface area contributed by atoms with Gasteiger partial charge in [-0.15, -0.1) is 0 Å². The lowest BCUT2D eigenvalue weighted by Gasteiger charge is -2.19. The molecule has 1 amide bonds. The Morgan fingerprint density at radius 1 is 1.07 bits per heavy atom. The minimum atomic E-state index is -3.97. The molecule has 29 heavy (non-hydrogen) atoms. The van der Waals surface area contributed by atoms with Gasteiger partial charge in [0, 0.05) is 19.5 Å². The van der Waals surface area contributed by atoms with E-state index in [9.17, 15) is 18.0 Å². The van der Waals surface area contributed by atoms with Crippen molar-refractivity contribution in [2.45, 2.75) is 18.4 Å². The van der Waals surface area contributed by atoms with Crippen LogP contribution in [0.25, 0.3) is 0 Å². The van der Waals surface area contributed by atoms with E-state index in [4.69, 9.17) is 14.2 Å². The molecule has 0 spiro atoms. The fourth-order valence-electron chi connectivity index (χ4n) is 2.72. The zero-order valence-corrected chi connectivity index (χ0v) is 16.7. The molecular weight excluding hydrogens is 400 g/mol. The average Bonchev–Trinajstić information content (AvgIpc) is 2.70. The highest BCUT2D eigenvalue weighted by Crippen LogP contribution is 2.33. The van der Waals surface area contributed by atoms with Crippen LogP contribution in [0.4, 0.5) is 5.69 Å². The number of rotatable bonds is 6. The topological polar surface area (TPSA) is 120 Å². The summed E-state index contributed by atoms with van der Waals surface area (Å²) in [5.41, 5.74) is 0.835. The molecular formula is C19H20N2O7S. The van der Waals surface area contributed by atoms with E-state index in [1.54, 1.807) is 0 Å². The van der Waals surface area contributed by atoms with Crippen LogP contribution in [0, 0.1) is 0 Å². The van der Waals surface area contributed by atoms with Crippen LogP contribution >= 0.6 is 0 Å². The molecule has 0 atom stereocenters. The number of carbonyl (C=O) groups excluding carboxylic acids is 2. The molecule has 1 aliphatic heterocycles. The largest absolute Gasteiger partial charge is 0.486 e. The predicted octanol–water partition coefficient (Wildman–Crippen LogP) is 1.68. The Labute approximate surface area is 168 Å². The number of hydrogen-bond acceptors (Lipinski definition) is 7. The molecule has 154 valence electrons. The van der Waals surface area contributed by atoms with Crippen molar-refractivity contribution < 1.29 is 32.2 Å². The number of methoxy groups -OCH3 is 1. The third kappa shape index (κ3) is 4.96. The van der Waals surface area contributed by atoms with Gasteiger partial charge in [-0.25, -0.2) is 13.2 Å². The number of carbonyl (C=O) groups is 2. The summed E-state index contributed by atoms with van der Waals surface area (Å²) in [5.74, 6) is -0.0735. The number of esters is 1. The Hall–Kier alpha value is -3.27. The van der Waals surface area contributed by atoms with E-state index >= 15 is 0 Å². The van der Waals surface area contributed by atoms with Crippen LogP contribution in [0.2, 0.25) is 0 Å². The molecule has 2 aromatic rings. The highest BCUT2D eigenvalue weighted by atomic mass is 32.2. The van der Waals surface area contributed by atoms with Crippen molar-refractivity contribution in [2.24, 2.45) is 0 Å². The highest BCUT2D eigenvalue weighted by Gasteiger charge is 2.20. The molecule has 2 N–H and O–H groups in total. The Morgan fingerprint density at radius 2 is 1.79 bits per heavy atom. The lowest BCUT2D eigenvalue weighted by atomic mass is 10.1. The molecule has 0 fully saturated rings. The lowest BCUT2D eigenvalue weighted by molar-refractivity contribution is -0.119. The van der Waals surface area contributed by atoms with E-state index in [1.807, 2.05) is 0 Å². The molecule has 0 unspecified atom stereocenters. The van der Waals surface area contributed by atoms with Gasteiger partial charge in [0.25, 0.3) is 10.0 Å². The summed E-state index contributed by atoms with van der Waals surface area (Å²) in [5, 5.41) is 2.60. The fourth-order valence-corrected chi connectivity index (χ4v) is 3.78. The van der Waals surface area contributed by atoms with Crippen LogP contribution in [0.3, 0.4) is 0 Å². The van der Waals surface area contributed by atoms with Gasteiger partial charge in [-0.1, -0.05) is 0 Å². The normalized spacial score (nSPS) is 12.8. The van der Waals surface area contributed by atoms with Crippen molar-refractivity contribution in [3.63, 3.8) is 0 Å². The molecule has 9 nitrogen and oxygen atoms in total.